The Kier molecular flexibility index (Phi) is 10.8. The molecule has 4 rings (SSSR count). The average molecular weight is 614 g/mol. The van der Waals surface area contributed by atoms with Crippen LogP contribution < -0.4 is 20.3 Å². The standard InChI is InChI=1S/C25H33N5O4S.C2HF3O2/c1-18-9-13-30(14-10-18)25(32)20-3-8-24(29-15-11-26-12-16-29)23(17-20)28-35(33,34)22-6-4-21(5-7-22)27-19(2)31;3-2(4,5)1(6)7/h3-8,17-18,26,28H,9-16H2,1-2H3,(H,27,31);(H,6,7). The quantitative estimate of drug-likeness (QED) is 0.388. The number of carbonyl (C=O) groups is 3. The number of anilines is 3. The number of amides is 2. The number of carboxylic acids is 1. The van der Waals surface area contributed by atoms with Gasteiger partial charge < -0.3 is 25.5 Å². The van der Waals surface area contributed by atoms with Crippen molar-refractivity contribution in [2.75, 3.05) is 54.2 Å². The van der Waals surface area contributed by atoms with Crippen molar-refractivity contribution in [3.8, 4) is 0 Å². The van der Waals surface area contributed by atoms with Gasteiger partial charge in [-0.2, -0.15) is 13.2 Å². The molecule has 0 bridgehead atoms. The highest BCUT2D eigenvalue weighted by molar-refractivity contribution is 7.92. The second-order valence-electron chi connectivity index (χ2n) is 10.1. The Bertz CT molecular complexity index is 1370. The Balaban J connectivity index is 0.000000616. The SMILES string of the molecule is CC(=O)Nc1ccc(S(=O)(=O)Nc2cc(C(=O)N3CCC(C)CC3)ccc2N2CCNCC2)cc1.O=C(O)C(F)(F)F. The van der Waals surface area contributed by atoms with Crippen molar-refractivity contribution in [2.24, 2.45) is 5.92 Å². The lowest BCUT2D eigenvalue weighted by atomic mass is 9.98. The van der Waals surface area contributed by atoms with Crippen molar-refractivity contribution >= 4 is 44.9 Å². The number of hydrogen-bond acceptors (Lipinski definition) is 7. The van der Waals surface area contributed by atoms with Gasteiger partial charge in [0.15, 0.2) is 0 Å². The minimum absolute atomic E-state index is 0.0691. The van der Waals surface area contributed by atoms with E-state index >= 15 is 0 Å². The molecule has 0 radical (unpaired) electrons. The summed E-state index contributed by atoms with van der Waals surface area (Å²) in [6, 6.07) is 11.3. The fourth-order valence-corrected chi connectivity index (χ4v) is 5.52. The van der Waals surface area contributed by atoms with Gasteiger partial charge in [-0.1, -0.05) is 6.92 Å². The van der Waals surface area contributed by atoms with E-state index in [9.17, 15) is 31.2 Å². The van der Waals surface area contributed by atoms with E-state index in [0.717, 1.165) is 44.7 Å². The van der Waals surface area contributed by atoms with Crippen LogP contribution in [0.5, 0.6) is 0 Å². The summed E-state index contributed by atoms with van der Waals surface area (Å²) >= 11 is 0. The Hall–Kier alpha value is -3.85. The van der Waals surface area contributed by atoms with Crippen molar-refractivity contribution < 1.29 is 41.1 Å². The van der Waals surface area contributed by atoms with E-state index in [1.165, 1.54) is 19.1 Å². The number of carbonyl (C=O) groups excluding carboxylic acids is 2. The van der Waals surface area contributed by atoms with E-state index in [4.69, 9.17) is 9.90 Å². The van der Waals surface area contributed by atoms with Crippen molar-refractivity contribution in [1.29, 1.82) is 0 Å². The summed E-state index contributed by atoms with van der Waals surface area (Å²) in [5.74, 6) is -2.46. The predicted molar refractivity (Wildman–Crippen MR) is 151 cm³/mol. The van der Waals surface area contributed by atoms with E-state index in [1.54, 1.807) is 24.3 Å². The number of benzene rings is 2. The zero-order valence-corrected chi connectivity index (χ0v) is 24.0. The van der Waals surface area contributed by atoms with Gasteiger partial charge in [0.05, 0.1) is 16.3 Å². The number of aliphatic carboxylic acids is 1. The molecule has 15 heteroatoms. The third kappa shape index (κ3) is 9.08. The predicted octanol–water partition coefficient (Wildman–Crippen LogP) is 3.36. The minimum Gasteiger partial charge on any atom is -0.475 e. The van der Waals surface area contributed by atoms with E-state index in [-0.39, 0.29) is 16.7 Å². The first kappa shape index (κ1) is 32.7. The number of nitrogens with one attached hydrogen (secondary N) is 3. The van der Waals surface area contributed by atoms with Crippen LogP contribution in [0.25, 0.3) is 0 Å². The number of hydrogen-bond donors (Lipinski definition) is 4. The topological polar surface area (TPSA) is 148 Å². The Morgan fingerprint density at radius 3 is 2.07 bits per heavy atom. The monoisotopic (exact) mass is 613 g/mol. The van der Waals surface area contributed by atoms with E-state index < -0.39 is 22.2 Å². The van der Waals surface area contributed by atoms with Gasteiger partial charge in [-0.15, -0.1) is 0 Å². The zero-order chi connectivity index (χ0) is 31.1. The second kappa shape index (κ2) is 13.9. The highest BCUT2D eigenvalue weighted by atomic mass is 32.2. The maximum absolute atomic E-state index is 13.3. The van der Waals surface area contributed by atoms with Crippen LogP contribution in [0.15, 0.2) is 47.4 Å². The first-order chi connectivity index (χ1) is 19.7. The molecule has 11 nitrogen and oxygen atoms in total. The lowest BCUT2D eigenvalue weighted by molar-refractivity contribution is -0.192. The first-order valence-corrected chi connectivity index (χ1v) is 14.8. The number of rotatable bonds is 6. The van der Waals surface area contributed by atoms with Gasteiger partial charge in [-0.3, -0.25) is 14.3 Å². The lowest BCUT2D eigenvalue weighted by Crippen LogP contribution is -2.44. The number of nitrogens with zero attached hydrogens (tertiary/aromatic N) is 2. The largest absolute Gasteiger partial charge is 0.490 e. The molecule has 0 aromatic heterocycles. The molecule has 0 aliphatic carbocycles. The molecule has 230 valence electrons. The van der Waals surface area contributed by atoms with Gasteiger partial charge in [0, 0.05) is 57.4 Å². The summed E-state index contributed by atoms with van der Waals surface area (Å²) < 4.78 is 61.0. The molecule has 0 unspecified atom stereocenters. The minimum atomic E-state index is -5.08. The van der Waals surface area contributed by atoms with Crippen LogP contribution in [-0.2, 0) is 19.6 Å². The van der Waals surface area contributed by atoms with Gasteiger partial charge in [-0.25, -0.2) is 13.2 Å². The summed E-state index contributed by atoms with van der Waals surface area (Å²) in [7, 11) is -3.92. The van der Waals surface area contributed by atoms with E-state index in [2.05, 4.69) is 27.2 Å². The van der Waals surface area contributed by atoms with Crippen molar-refractivity contribution in [2.45, 2.75) is 37.8 Å². The highest BCUT2D eigenvalue weighted by Crippen LogP contribution is 2.31. The summed E-state index contributed by atoms with van der Waals surface area (Å²) in [6.45, 7) is 8.06. The van der Waals surface area contributed by atoms with Gasteiger partial charge in [0.2, 0.25) is 5.91 Å². The molecule has 2 amide bonds. The van der Waals surface area contributed by atoms with E-state index in [1.807, 2.05) is 11.0 Å². The summed E-state index contributed by atoms with van der Waals surface area (Å²) in [5.41, 5.74) is 2.11. The molecule has 2 aromatic rings. The van der Waals surface area contributed by atoms with Crippen LogP contribution in [-0.4, -0.2) is 81.7 Å². The Labute approximate surface area is 242 Å². The van der Waals surface area contributed by atoms with Gasteiger partial charge in [-0.05, 0) is 61.2 Å². The van der Waals surface area contributed by atoms with Crippen molar-refractivity contribution in [3.63, 3.8) is 0 Å². The molecule has 2 fully saturated rings. The van der Waals surface area contributed by atoms with Crippen LogP contribution in [0.4, 0.5) is 30.2 Å². The molecular weight excluding hydrogens is 579 g/mol. The third-order valence-electron chi connectivity index (χ3n) is 6.74. The van der Waals surface area contributed by atoms with Gasteiger partial charge in [0.25, 0.3) is 15.9 Å². The number of likely N-dealkylation sites (tertiary alicyclic amines) is 1. The molecule has 2 aromatic carbocycles. The molecular formula is C27H34F3N5O6S. The van der Waals surface area contributed by atoms with Crippen LogP contribution in [0, 0.1) is 5.92 Å². The zero-order valence-electron chi connectivity index (χ0n) is 23.2. The lowest BCUT2D eigenvalue weighted by Gasteiger charge is -2.32. The summed E-state index contributed by atoms with van der Waals surface area (Å²) in [4.78, 5) is 37.4. The molecule has 4 N–H and O–H groups in total. The molecule has 2 aliphatic heterocycles. The smallest absolute Gasteiger partial charge is 0.475 e. The van der Waals surface area contributed by atoms with Gasteiger partial charge in [0.1, 0.15) is 0 Å². The number of piperazine rings is 1. The molecule has 2 saturated heterocycles. The van der Waals surface area contributed by atoms with Crippen LogP contribution in [0.1, 0.15) is 37.0 Å². The molecule has 42 heavy (non-hydrogen) atoms. The van der Waals surface area contributed by atoms with Crippen LogP contribution in [0.3, 0.4) is 0 Å². The first-order valence-electron chi connectivity index (χ1n) is 13.3. The Morgan fingerprint density at radius 1 is 0.976 bits per heavy atom. The normalized spacial score (nSPS) is 16.2. The average Bonchev–Trinajstić information content (AvgIpc) is 2.93. The molecule has 0 spiro atoms. The second-order valence-corrected chi connectivity index (χ2v) is 11.7. The number of halogens is 3. The molecule has 2 aliphatic rings. The Morgan fingerprint density at radius 2 is 1.55 bits per heavy atom. The third-order valence-corrected chi connectivity index (χ3v) is 8.13. The van der Waals surface area contributed by atoms with Gasteiger partial charge >= 0.3 is 12.1 Å². The summed E-state index contributed by atoms with van der Waals surface area (Å²) in [5, 5.41) is 13.1. The number of piperidine rings is 1. The summed E-state index contributed by atoms with van der Waals surface area (Å²) in [6.07, 6.45) is -3.14. The molecule has 2 heterocycles. The highest BCUT2D eigenvalue weighted by Gasteiger charge is 2.38. The van der Waals surface area contributed by atoms with E-state index in [0.29, 0.717) is 35.9 Å². The number of alkyl halides is 3. The number of carboxylic acid groups (broad SMARTS) is 1. The fourth-order valence-electron chi connectivity index (χ4n) is 4.45. The van der Waals surface area contributed by atoms with Crippen molar-refractivity contribution in [3.05, 3.63) is 48.0 Å². The fraction of sp³-hybridized carbons (Fsp3) is 0.444. The van der Waals surface area contributed by atoms with Crippen LogP contribution in [0.2, 0.25) is 0 Å². The number of sulfonamides is 1. The van der Waals surface area contributed by atoms with Crippen LogP contribution >= 0.6 is 0 Å². The molecule has 0 saturated carbocycles. The van der Waals surface area contributed by atoms with Crippen molar-refractivity contribution in [1.82, 2.24) is 10.2 Å². The maximum Gasteiger partial charge on any atom is 0.490 e. The molecule has 0 atom stereocenters. The maximum atomic E-state index is 13.3.